The van der Waals surface area contributed by atoms with Crippen LogP contribution < -0.4 is 4.48 Å². The molecule has 0 aliphatic carbocycles. The minimum absolute atomic E-state index is 0.0559. The number of rotatable bonds is 9. The van der Waals surface area contributed by atoms with Crippen LogP contribution >= 0.6 is 0 Å². The topological polar surface area (TPSA) is 87.2 Å². The zero-order chi connectivity index (χ0) is 22.3. The van der Waals surface area contributed by atoms with Gasteiger partial charge in [0.15, 0.2) is 13.3 Å². The van der Waals surface area contributed by atoms with Gasteiger partial charge in [0.25, 0.3) is 0 Å². The molecule has 0 saturated heterocycles. The normalized spacial score (nSPS) is 11.7. The lowest BCUT2D eigenvalue weighted by Gasteiger charge is -2.39. The van der Waals surface area contributed by atoms with Crippen molar-refractivity contribution in [1.82, 2.24) is 44.0 Å². The standard InChI is InChI=1S/C24H24N9/c1-2-8-21(9-3-1)33(19-31-17-25-15-29-31,20-32-18-26-16-30-32)14-22(23-10-4-6-12-27-23)24-11-5-7-13-28-24/h1-13,15-18,22H,14,19-20H2/q+1. The van der Waals surface area contributed by atoms with Crippen LogP contribution in [0.3, 0.4) is 0 Å². The van der Waals surface area contributed by atoms with Gasteiger partial charge in [-0.15, -0.1) is 0 Å². The summed E-state index contributed by atoms with van der Waals surface area (Å²) < 4.78 is 4.22. The SMILES string of the molecule is c1ccc([N+](CC(c2ccccn2)c2ccccn2)(Cn2cncn2)Cn2cncn2)cc1. The van der Waals surface area contributed by atoms with Crippen molar-refractivity contribution >= 4 is 5.69 Å². The quantitative estimate of drug-likeness (QED) is 0.329. The highest BCUT2D eigenvalue weighted by atomic mass is 15.5. The first-order valence-electron chi connectivity index (χ1n) is 10.7. The first kappa shape index (κ1) is 20.7. The second kappa shape index (κ2) is 9.49. The lowest BCUT2D eigenvalue weighted by molar-refractivity contribution is 0.149. The number of pyridine rings is 2. The Morgan fingerprint density at radius 3 is 1.67 bits per heavy atom. The van der Waals surface area contributed by atoms with Crippen molar-refractivity contribution < 1.29 is 0 Å². The number of hydrogen-bond acceptors (Lipinski definition) is 6. The van der Waals surface area contributed by atoms with Crippen LogP contribution in [0.4, 0.5) is 5.69 Å². The van der Waals surface area contributed by atoms with E-state index in [-0.39, 0.29) is 5.92 Å². The van der Waals surface area contributed by atoms with Crippen LogP contribution in [0.1, 0.15) is 17.3 Å². The molecule has 0 aliphatic rings. The predicted octanol–water partition coefficient (Wildman–Crippen LogP) is 3.11. The molecule has 1 aromatic carbocycles. The maximum absolute atomic E-state index is 4.71. The van der Waals surface area contributed by atoms with Gasteiger partial charge in [0.05, 0.1) is 17.3 Å². The third-order valence-corrected chi connectivity index (χ3v) is 5.69. The highest BCUT2D eigenvalue weighted by molar-refractivity contribution is 5.43. The van der Waals surface area contributed by atoms with E-state index in [2.05, 4.69) is 56.6 Å². The summed E-state index contributed by atoms with van der Waals surface area (Å²) in [5.74, 6) is -0.0559. The highest BCUT2D eigenvalue weighted by Crippen LogP contribution is 2.32. The summed E-state index contributed by atoms with van der Waals surface area (Å²) in [5, 5.41) is 8.84. The van der Waals surface area contributed by atoms with E-state index in [1.165, 1.54) is 0 Å². The molecule has 5 rings (SSSR count). The van der Waals surface area contributed by atoms with Crippen LogP contribution in [-0.2, 0) is 13.3 Å². The highest BCUT2D eigenvalue weighted by Gasteiger charge is 2.37. The summed E-state index contributed by atoms with van der Waals surface area (Å²) in [7, 11) is 0. The zero-order valence-electron chi connectivity index (χ0n) is 18.0. The molecule has 0 saturated carbocycles. The molecule has 0 amide bonds. The van der Waals surface area contributed by atoms with Crippen molar-refractivity contribution in [3.63, 3.8) is 0 Å². The van der Waals surface area contributed by atoms with E-state index in [9.17, 15) is 0 Å². The molecule has 9 nitrogen and oxygen atoms in total. The molecule has 0 N–H and O–H groups in total. The zero-order valence-corrected chi connectivity index (χ0v) is 18.0. The molecule has 4 heterocycles. The van der Waals surface area contributed by atoms with Gasteiger partial charge in [-0.3, -0.25) is 14.5 Å². The minimum atomic E-state index is -0.0559. The van der Waals surface area contributed by atoms with Gasteiger partial charge in [0, 0.05) is 12.4 Å². The summed E-state index contributed by atoms with van der Waals surface area (Å²) in [5.41, 5.74) is 3.05. The Hall–Kier alpha value is -4.24. The lowest BCUT2D eigenvalue weighted by Crippen LogP contribution is -2.54. The fraction of sp³-hybridized carbons (Fsp3) is 0.167. The minimum Gasteiger partial charge on any atom is -0.260 e. The number of nitrogens with zero attached hydrogens (tertiary/aromatic N) is 9. The summed E-state index contributed by atoms with van der Waals surface area (Å²) in [4.78, 5) is 17.8. The molecule has 5 aromatic rings. The Labute approximate surface area is 191 Å². The summed E-state index contributed by atoms with van der Waals surface area (Å²) in [6, 6.07) is 22.4. The molecule has 0 spiro atoms. The largest absolute Gasteiger partial charge is 0.260 e. The van der Waals surface area contributed by atoms with Crippen molar-refractivity contribution in [1.29, 1.82) is 0 Å². The molecule has 0 aliphatic heterocycles. The molecule has 164 valence electrons. The number of aromatic nitrogens is 8. The number of quaternary nitrogens is 1. The molecular weight excluding hydrogens is 414 g/mol. The Morgan fingerprint density at radius 1 is 0.667 bits per heavy atom. The van der Waals surface area contributed by atoms with E-state index >= 15 is 0 Å². The molecule has 0 fully saturated rings. The van der Waals surface area contributed by atoms with Crippen LogP contribution in [0, 0.1) is 0 Å². The van der Waals surface area contributed by atoms with Crippen LogP contribution in [0.15, 0.2) is 104 Å². The molecule has 0 atom stereocenters. The average molecular weight is 439 g/mol. The van der Waals surface area contributed by atoms with Crippen molar-refractivity contribution in [2.24, 2.45) is 0 Å². The molecule has 0 unspecified atom stereocenters. The second-order valence-electron chi connectivity index (χ2n) is 7.88. The average Bonchev–Trinajstić information content (AvgIpc) is 3.59. The van der Waals surface area contributed by atoms with E-state index in [0.29, 0.717) is 24.4 Å². The molecule has 4 aromatic heterocycles. The third-order valence-electron chi connectivity index (χ3n) is 5.69. The third kappa shape index (κ3) is 4.68. The van der Waals surface area contributed by atoms with Gasteiger partial charge in [0.2, 0.25) is 0 Å². The smallest absolute Gasteiger partial charge is 0.182 e. The number of para-hydroxylation sites is 1. The summed E-state index contributed by atoms with van der Waals surface area (Å²) in [6.07, 6.45) is 10.3. The summed E-state index contributed by atoms with van der Waals surface area (Å²) in [6.45, 7) is 1.79. The second-order valence-corrected chi connectivity index (χ2v) is 7.88. The number of hydrogen-bond donors (Lipinski definition) is 0. The first-order chi connectivity index (χ1) is 16.3. The maximum atomic E-state index is 4.71. The van der Waals surface area contributed by atoms with Crippen molar-refractivity contribution in [2.45, 2.75) is 19.3 Å². The monoisotopic (exact) mass is 438 g/mol. The van der Waals surface area contributed by atoms with Gasteiger partial charge in [-0.25, -0.2) is 19.3 Å². The molecular formula is C24H24N9+. The van der Waals surface area contributed by atoms with E-state index in [4.69, 9.17) is 9.97 Å². The van der Waals surface area contributed by atoms with Gasteiger partial charge in [0.1, 0.15) is 37.5 Å². The van der Waals surface area contributed by atoms with Gasteiger partial charge in [-0.2, -0.15) is 10.2 Å². The molecule has 0 bridgehead atoms. The van der Waals surface area contributed by atoms with Gasteiger partial charge in [-0.1, -0.05) is 30.3 Å². The van der Waals surface area contributed by atoms with Crippen LogP contribution in [-0.4, -0.2) is 46.0 Å². The Kier molecular flexibility index (Phi) is 5.94. The van der Waals surface area contributed by atoms with Crippen molar-refractivity contribution in [2.75, 3.05) is 6.54 Å². The molecule has 9 heteroatoms. The summed E-state index contributed by atoms with van der Waals surface area (Å²) >= 11 is 0. The van der Waals surface area contributed by atoms with Crippen LogP contribution in [0.25, 0.3) is 0 Å². The molecule has 0 radical (unpaired) electrons. The fourth-order valence-corrected chi connectivity index (χ4v) is 4.19. The van der Waals surface area contributed by atoms with Gasteiger partial charge < -0.3 is 0 Å². The number of benzene rings is 1. The van der Waals surface area contributed by atoms with Crippen LogP contribution in [0.5, 0.6) is 0 Å². The van der Waals surface area contributed by atoms with E-state index in [1.807, 2.05) is 52.1 Å². The Bertz CT molecular complexity index is 1150. The van der Waals surface area contributed by atoms with E-state index < -0.39 is 0 Å². The predicted molar refractivity (Wildman–Crippen MR) is 123 cm³/mol. The van der Waals surface area contributed by atoms with Crippen LogP contribution in [0.2, 0.25) is 0 Å². The van der Waals surface area contributed by atoms with Crippen molar-refractivity contribution in [3.05, 3.63) is 116 Å². The maximum Gasteiger partial charge on any atom is 0.182 e. The fourth-order valence-electron chi connectivity index (χ4n) is 4.19. The Morgan fingerprint density at radius 2 is 1.21 bits per heavy atom. The molecule has 33 heavy (non-hydrogen) atoms. The van der Waals surface area contributed by atoms with Crippen molar-refractivity contribution in [3.8, 4) is 0 Å². The van der Waals surface area contributed by atoms with E-state index in [1.54, 1.807) is 25.3 Å². The lowest BCUT2D eigenvalue weighted by atomic mass is 9.97. The van der Waals surface area contributed by atoms with E-state index in [0.717, 1.165) is 17.1 Å². The first-order valence-corrected chi connectivity index (χ1v) is 10.7. The Balaban J connectivity index is 1.66. The van der Waals surface area contributed by atoms with Gasteiger partial charge in [-0.05, 0) is 36.4 Å². The van der Waals surface area contributed by atoms with Gasteiger partial charge >= 0.3 is 0 Å².